The molecule has 3 aromatic rings. The quantitative estimate of drug-likeness (QED) is 0.525. The molecule has 1 aromatic heterocycles. The molecular formula is C22H27N3O4S. The largest absolute Gasteiger partial charge is 0.497 e. The van der Waals surface area contributed by atoms with Gasteiger partial charge in [-0.15, -0.1) is 0 Å². The molecule has 30 heavy (non-hydrogen) atoms. The van der Waals surface area contributed by atoms with Crippen molar-refractivity contribution in [2.24, 2.45) is 0 Å². The lowest BCUT2D eigenvalue weighted by atomic mass is 10.0. The van der Waals surface area contributed by atoms with Gasteiger partial charge in [0.05, 0.1) is 18.6 Å². The van der Waals surface area contributed by atoms with Crippen LogP contribution in [0.1, 0.15) is 45.1 Å². The van der Waals surface area contributed by atoms with Gasteiger partial charge in [-0.25, -0.2) is 8.42 Å². The smallest absolute Gasteiger partial charge is 0.243 e. The van der Waals surface area contributed by atoms with Crippen LogP contribution >= 0.6 is 0 Å². The zero-order valence-electron chi connectivity index (χ0n) is 17.9. The van der Waals surface area contributed by atoms with E-state index in [1.165, 1.54) is 4.31 Å². The Kier molecular flexibility index (Phi) is 6.58. The number of hydrogen-bond donors (Lipinski definition) is 0. The predicted molar refractivity (Wildman–Crippen MR) is 115 cm³/mol. The van der Waals surface area contributed by atoms with E-state index in [9.17, 15) is 8.42 Å². The van der Waals surface area contributed by atoms with Crippen molar-refractivity contribution in [3.05, 3.63) is 60.0 Å². The van der Waals surface area contributed by atoms with Crippen LogP contribution in [-0.2, 0) is 16.6 Å². The molecule has 0 atom stereocenters. The van der Waals surface area contributed by atoms with Crippen LogP contribution in [0.25, 0.3) is 11.4 Å². The van der Waals surface area contributed by atoms with Gasteiger partial charge >= 0.3 is 0 Å². The maximum absolute atomic E-state index is 13.2. The molecule has 0 N–H and O–H groups in total. The first-order chi connectivity index (χ1) is 14.2. The van der Waals surface area contributed by atoms with Crippen molar-refractivity contribution < 1.29 is 17.7 Å². The highest BCUT2D eigenvalue weighted by atomic mass is 32.2. The second-order valence-electron chi connectivity index (χ2n) is 7.61. The van der Waals surface area contributed by atoms with Crippen LogP contribution in [-0.4, -0.2) is 36.0 Å². The zero-order chi connectivity index (χ0) is 21.9. The topological polar surface area (TPSA) is 85.5 Å². The molecule has 0 aliphatic heterocycles. The molecule has 1 heterocycles. The average Bonchev–Trinajstić information content (AvgIpc) is 3.20. The minimum atomic E-state index is -3.72. The normalized spacial score (nSPS) is 12.1. The molecule has 0 fully saturated rings. The van der Waals surface area contributed by atoms with Crippen molar-refractivity contribution in [3.63, 3.8) is 0 Å². The van der Waals surface area contributed by atoms with Gasteiger partial charge < -0.3 is 9.26 Å². The summed E-state index contributed by atoms with van der Waals surface area (Å²) in [5, 5.41) is 3.99. The zero-order valence-corrected chi connectivity index (χ0v) is 18.7. The lowest BCUT2D eigenvalue weighted by Gasteiger charge is -2.24. The Bertz CT molecular complexity index is 1070. The average molecular weight is 430 g/mol. The van der Waals surface area contributed by atoms with E-state index in [1.807, 2.05) is 38.1 Å². The van der Waals surface area contributed by atoms with Crippen molar-refractivity contribution in [2.75, 3.05) is 7.11 Å². The highest BCUT2D eigenvalue weighted by Crippen LogP contribution is 2.24. The minimum absolute atomic E-state index is 0.00487. The molecule has 0 unspecified atom stereocenters. The van der Waals surface area contributed by atoms with E-state index in [1.54, 1.807) is 31.4 Å². The summed E-state index contributed by atoms with van der Waals surface area (Å²) in [7, 11) is -2.12. The summed E-state index contributed by atoms with van der Waals surface area (Å²) >= 11 is 0. The first kappa shape index (κ1) is 22.0. The molecule has 7 nitrogen and oxygen atoms in total. The fraction of sp³-hybridized carbons (Fsp3) is 0.364. The van der Waals surface area contributed by atoms with Gasteiger partial charge in [-0.05, 0) is 61.7 Å². The summed E-state index contributed by atoms with van der Waals surface area (Å²) in [4.78, 5) is 4.62. The van der Waals surface area contributed by atoms with E-state index in [-0.39, 0.29) is 23.4 Å². The molecule has 0 aliphatic carbocycles. The molecule has 160 valence electrons. The van der Waals surface area contributed by atoms with Crippen LogP contribution < -0.4 is 4.74 Å². The first-order valence-electron chi connectivity index (χ1n) is 9.81. The predicted octanol–water partition coefficient (Wildman–Crippen LogP) is 4.47. The van der Waals surface area contributed by atoms with Crippen LogP contribution in [0.15, 0.2) is 57.9 Å². The maximum Gasteiger partial charge on any atom is 0.243 e. The van der Waals surface area contributed by atoms with E-state index in [2.05, 4.69) is 24.0 Å². The number of methoxy groups -OCH3 is 1. The second-order valence-corrected chi connectivity index (χ2v) is 9.50. The Hall–Kier alpha value is -2.71. The lowest BCUT2D eigenvalue weighted by molar-refractivity contribution is 0.286. The summed E-state index contributed by atoms with van der Waals surface area (Å²) in [6.07, 6.45) is 0. The van der Waals surface area contributed by atoms with Crippen molar-refractivity contribution in [1.29, 1.82) is 0 Å². The van der Waals surface area contributed by atoms with E-state index < -0.39 is 10.0 Å². The van der Waals surface area contributed by atoms with Crippen molar-refractivity contribution in [2.45, 2.75) is 51.1 Å². The van der Waals surface area contributed by atoms with Crippen molar-refractivity contribution >= 4 is 10.0 Å². The summed E-state index contributed by atoms with van der Waals surface area (Å²) < 4.78 is 38.3. The molecule has 8 heteroatoms. The standard InChI is InChI=1S/C22H27N3O4S/c1-15(2)17-8-12-20(13-9-17)30(26,27)25(16(3)4)14-21-23-22(24-29-21)18-6-10-19(28-5)11-7-18/h6-13,15-16H,14H2,1-5H3. The molecule has 0 amide bonds. The molecular weight excluding hydrogens is 402 g/mol. The number of benzene rings is 2. The highest BCUT2D eigenvalue weighted by Gasteiger charge is 2.29. The second kappa shape index (κ2) is 8.97. The Balaban J connectivity index is 1.84. The van der Waals surface area contributed by atoms with Gasteiger partial charge in [0.2, 0.25) is 21.7 Å². The molecule has 0 saturated heterocycles. The van der Waals surface area contributed by atoms with Gasteiger partial charge in [0.15, 0.2) is 0 Å². The van der Waals surface area contributed by atoms with Gasteiger partial charge in [-0.3, -0.25) is 0 Å². The van der Waals surface area contributed by atoms with Crippen molar-refractivity contribution in [1.82, 2.24) is 14.4 Å². The Labute approximate surface area is 177 Å². The van der Waals surface area contributed by atoms with Crippen molar-refractivity contribution in [3.8, 4) is 17.1 Å². The van der Waals surface area contributed by atoms with Crippen LogP contribution in [0.5, 0.6) is 5.75 Å². The van der Waals surface area contributed by atoms with Crippen LogP contribution in [0.2, 0.25) is 0 Å². The molecule has 0 saturated carbocycles. The number of nitrogens with zero attached hydrogens (tertiary/aromatic N) is 3. The third-order valence-electron chi connectivity index (χ3n) is 4.84. The third-order valence-corrected chi connectivity index (χ3v) is 6.87. The Morgan fingerprint density at radius 2 is 1.63 bits per heavy atom. The highest BCUT2D eigenvalue weighted by molar-refractivity contribution is 7.89. The van der Waals surface area contributed by atoms with Gasteiger partial charge in [-0.1, -0.05) is 31.1 Å². The Morgan fingerprint density at radius 3 is 2.17 bits per heavy atom. The van der Waals surface area contributed by atoms with E-state index in [0.717, 1.165) is 16.9 Å². The SMILES string of the molecule is COc1ccc(-c2noc(CN(C(C)C)S(=O)(=O)c3ccc(C(C)C)cc3)n2)cc1. The van der Waals surface area contributed by atoms with E-state index in [0.29, 0.717) is 11.7 Å². The van der Waals surface area contributed by atoms with Crippen LogP contribution in [0, 0.1) is 0 Å². The first-order valence-corrected chi connectivity index (χ1v) is 11.2. The number of hydrogen-bond acceptors (Lipinski definition) is 6. The monoisotopic (exact) mass is 429 g/mol. The number of aromatic nitrogens is 2. The Morgan fingerprint density at radius 1 is 1.00 bits per heavy atom. The number of ether oxygens (including phenoxy) is 1. The maximum atomic E-state index is 13.2. The fourth-order valence-corrected chi connectivity index (χ4v) is 4.60. The minimum Gasteiger partial charge on any atom is -0.497 e. The van der Waals surface area contributed by atoms with Gasteiger partial charge in [0.1, 0.15) is 5.75 Å². The van der Waals surface area contributed by atoms with Crippen LogP contribution in [0.3, 0.4) is 0 Å². The molecule has 0 spiro atoms. The molecule has 0 radical (unpaired) electrons. The summed E-state index contributed by atoms with van der Waals surface area (Å²) in [6, 6.07) is 14.0. The fourth-order valence-electron chi connectivity index (χ4n) is 3.01. The number of sulfonamides is 1. The van der Waals surface area contributed by atoms with E-state index in [4.69, 9.17) is 9.26 Å². The summed E-state index contributed by atoms with van der Waals surface area (Å²) in [5.41, 5.74) is 1.85. The van der Waals surface area contributed by atoms with E-state index >= 15 is 0 Å². The summed E-state index contributed by atoms with van der Waals surface area (Å²) in [5.74, 6) is 1.69. The molecule has 0 aliphatic rings. The third kappa shape index (κ3) is 4.71. The van der Waals surface area contributed by atoms with Gasteiger partial charge in [0, 0.05) is 11.6 Å². The molecule has 2 aromatic carbocycles. The van der Waals surface area contributed by atoms with Gasteiger partial charge in [-0.2, -0.15) is 9.29 Å². The van der Waals surface area contributed by atoms with Crippen LogP contribution in [0.4, 0.5) is 0 Å². The molecule has 0 bridgehead atoms. The lowest BCUT2D eigenvalue weighted by Crippen LogP contribution is -2.36. The summed E-state index contributed by atoms with van der Waals surface area (Å²) in [6.45, 7) is 7.77. The van der Waals surface area contributed by atoms with Gasteiger partial charge in [0.25, 0.3) is 0 Å². The molecule has 3 rings (SSSR count). The number of rotatable bonds is 8.